The van der Waals surface area contributed by atoms with E-state index in [9.17, 15) is 4.39 Å². The number of thioether (sulfide) groups is 1. The minimum absolute atomic E-state index is 0.211. The Kier molecular flexibility index (Phi) is 3.62. The monoisotopic (exact) mass is 289 g/mol. The second-order valence-corrected chi connectivity index (χ2v) is 5.34. The highest BCUT2D eigenvalue weighted by atomic mass is 32.2. The van der Waals surface area contributed by atoms with Gasteiger partial charge in [-0.1, -0.05) is 30.0 Å². The van der Waals surface area contributed by atoms with E-state index in [-0.39, 0.29) is 11.1 Å². The fourth-order valence-electron chi connectivity index (χ4n) is 1.94. The van der Waals surface area contributed by atoms with Gasteiger partial charge in [-0.2, -0.15) is 0 Å². The molecular formula is C13H12FN5S. The molecule has 0 aliphatic rings. The molecule has 102 valence electrons. The Labute approximate surface area is 118 Å². The van der Waals surface area contributed by atoms with E-state index in [0.717, 1.165) is 5.52 Å². The van der Waals surface area contributed by atoms with Gasteiger partial charge in [-0.15, -0.1) is 0 Å². The normalized spacial score (nSPS) is 12.7. The molecule has 2 aromatic heterocycles. The number of hydrogen-bond donors (Lipinski definition) is 2. The zero-order valence-corrected chi connectivity index (χ0v) is 11.3. The van der Waals surface area contributed by atoms with Crippen molar-refractivity contribution in [2.45, 2.75) is 10.3 Å². The lowest BCUT2D eigenvalue weighted by Gasteiger charge is -2.15. The third-order valence-corrected chi connectivity index (χ3v) is 4.17. The van der Waals surface area contributed by atoms with Crippen LogP contribution in [-0.4, -0.2) is 26.5 Å². The lowest BCUT2D eigenvalue weighted by atomic mass is 10.1. The lowest BCUT2D eigenvalue weighted by molar-refractivity contribution is 0.608. The van der Waals surface area contributed by atoms with Crippen LogP contribution in [0.5, 0.6) is 0 Å². The van der Waals surface area contributed by atoms with Crippen molar-refractivity contribution in [3.8, 4) is 0 Å². The fraction of sp³-hybridized carbons (Fsp3) is 0.154. The Morgan fingerprint density at radius 3 is 2.90 bits per heavy atom. The summed E-state index contributed by atoms with van der Waals surface area (Å²) < 4.78 is 13.9. The molecule has 2 heterocycles. The van der Waals surface area contributed by atoms with Gasteiger partial charge in [0.2, 0.25) is 0 Å². The number of nitrogens with two attached hydrogens (primary N) is 1. The summed E-state index contributed by atoms with van der Waals surface area (Å²) in [6.45, 7) is 0.311. The maximum Gasteiger partial charge on any atom is 0.181 e. The average molecular weight is 289 g/mol. The van der Waals surface area contributed by atoms with E-state index in [1.807, 2.05) is 0 Å². The molecule has 0 spiro atoms. The highest BCUT2D eigenvalue weighted by molar-refractivity contribution is 7.99. The largest absolute Gasteiger partial charge is 0.341 e. The van der Waals surface area contributed by atoms with Crippen LogP contribution in [0.25, 0.3) is 11.2 Å². The molecule has 0 amide bonds. The second kappa shape index (κ2) is 5.56. The third-order valence-electron chi connectivity index (χ3n) is 2.91. The van der Waals surface area contributed by atoms with E-state index in [0.29, 0.717) is 22.8 Å². The molecule has 0 aliphatic heterocycles. The first-order chi connectivity index (χ1) is 9.79. The van der Waals surface area contributed by atoms with Crippen molar-refractivity contribution in [1.29, 1.82) is 0 Å². The topological polar surface area (TPSA) is 80.5 Å². The number of nitrogens with one attached hydrogen (secondary N) is 1. The number of nitrogens with zero attached hydrogens (tertiary/aromatic N) is 3. The number of imidazole rings is 1. The second-order valence-electron chi connectivity index (χ2n) is 4.14. The minimum Gasteiger partial charge on any atom is -0.341 e. The Morgan fingerprint density at radius 1 is 1.25 bits per heavy atom. The van der Waals surface area contributed by atoms with Gasteiger partial charge in [0.05, 0.1) is 11.6 Å². The van der Waals surface area contributed by atoms with Crippen molar-refractivity contribution in [1.82, 2.24) is 19.9 Å². The number of rotatable bonds is 4. The summed E-state index contributed by atoms with van der Waals surface area (Å²) >= 11 is 1.40. The van der Waals surface area contributed by atoms with Gasteiger partial charge in [-0.3, -0.25) is 0 Å². The molecule has 0 saturated heterocycles. The van der Waals surface area contributed by atoms with Crippen LogP contribution in [0.2, 0.25) is 0 Å². The van der Waals surface area contributed by atoms with Gasteiger partial charge in [-0.05, 0) is 6.07 Å². The maximum atomic E-state index is 13.9. The summed E-state index contributed by atoms with van der Waals surface area (Å²) in [4.78, 5) is 15.3. The van der Waals surface area contributed by atoms with Gasteiger partial charge in [0.15, 0.2) is 5.65 Å². The Bertz CT molecular complexity index is 729. The first-order valence-electron chi connectivity index (χ1n) is 6.05. The highest BCUT2D eigenvalue weighted by Crippen LogP contribution is 2.36. The molecule has 3 aromatic rings. The summed E-state index contributed by atoms with van der Waals surface area (Å²) in [5.74, 6) is -0.259. The van der Waals surface area contributed by atoms with Gasteiger partial charge >= 0.3 is 0 Å². The van der Waals surface area contributed by atoms with E-state index in [1.54, 1.807) is 24.5 Å². The zero-order valence-electron chi connectivity index (χ0n) is 10.5. The fourth-order valence-corrected chi connectivity index (χ4v) is 3.00. The van der Waals surface area contributed by atoms with E-state index in [1.165, 1.54) is 24.2 Å². The first-order valence-corrected chi connectivity index (χ1v) is 6.93. The van der Waals surface area contributed by atoms with Crippen LogP contribution in [0, 0.1) is 5.82 Å². The van der Waals surface area contributed by atoms with Gasteiger partial charge in [0.25, 0.3) is 0 Å². The van der Waals surface area contributed by atoms with Crippen LogP contribution in [0.3, 0.4) is 0 Å². The molecular weight excluding hydrogens is 277 g/mol. The van der Waals surface area contributed by atoms with Crippen molar-refractivity contribution in [3.63, 3.8) is 0 Å². The third kappa shape index (κ3) is 2.37. The quantitative estimate of drug-likeness (QED) is 0.569. The summed E-state index contributed by atoms with van der Waals surface area (Å²) in [6, 6.07) is 6.64. The van der Waals surface area contributed by atoms with Crippen molar-refractivity contribution in [2.24, 2.45) is 5.73 Å². The maximum absolute atomic E-state index is 13.9. The summed E-state index contributed by atoms with van der Waals surface area (Å²) in [5.41, 5.74) is 7.69. The smallest absolute Gasteiger partial charge is 0.181 e. The lowest BCUT2D eigenvalue weighted by Crippen LogP contribution is -2.11. The standard InChI is InChI=1S/C13H12FN5S/c14-9-4-2-1-3-8(9)10(5-15)20-13-11-12(17-6-16-11)18-7-19-13/h1-4,6-7,10H,5,15H2,(H,16,17,18,19). The molecule has 20 heavy (non-hydrogen) atoms. The molecule has 5 nitrogen and oxygen atoms in total. The van der Waals surface area contributed by atoms with Crippen molar-refractivity contribution >= 4 is 22.9 Å². The summed E-state index contributed by atoms with van der Waals surface area (Å²) in [5, 5.41) is 0.504. The number of H-pyrrole nitrogens is 1. The number of aromatic amines is 1. The highest BCUT2D eigenvalue weighted by Gasteiger charge is 2.18. The predicted octanol–water partition coefficient (Wildman–Crippen LogP) is 2.28. The number of hydrogen-bond acceptors (Lipinski definition) is 5. The molecule has 3 N–H and O–H groups in total. The van der Waals surface area contributed by atoms with Gasteiger partial charge in [0, 0.05) is 12.1 Å². The van der Waals surface area contributed by atoms with Gasteiger partial charge in [-0.25, -0.2) is 19.3 Å². The Morgan fingerprint density at radius 2 is 2.10 bits per heavy atom. The molecule has 0 aliphatic carbocycles. The molecule has 1 atom stereocenters. The number of fused-ring (bicyclic) bond motifs is 1. The van der Waals surface area contributed by atoms with Gasteiger partial charge < -0.3 is 10.7 Å². The van der Waals surface area contributed by atoms with Crippen LogP contribution < -0.4 is 5.73 Å². The Balaban J connectivity index is 1.96. The van der Waals surface area contributed by atoms with Crippen LogP contribution in [0.1, 0.15) is 10.8 Å². The first kappa shape index (κ1) is 13.0. The SMILES string of the molecule is NCC(Sc1ncnc2nc[nH]c12)c1ccccc1F. The molecule has 0 saturated carbocycles. The molecule has 1 aromatic carbocycles. The summed E-state index contributed by atoms with van der Waals surface area (Å²) in [7, 11) is 0. The average Bonchev–Trinajstić information content (AvgIpc) is 2.95. The van der Waals surface area contributed by atoms with E-state index < -0.39 is 0 Å². The molecule has 0 bridgehead atoms. The number of aromatic nitrogens is 4. The van der Waals surface area contributed by atoms with Crippen LogP contribution in [0.4, 0.5) is 4.39 Å². The van der Waals surface area contributed by atoms with Crippen LogP contribution in [-0.2, 0) is 0 Å². The Hall–Kier alpha value is -1.99. The van der Waals surface area contributed by atoms with E-state index >= 15 is 0 Å². The minimum atomic E-state index is -0.259. The molecule has 0 fully saturated rings. The molecule has 3 rings (SSSR count). The van der Waals surface area contributed by atoms with Crippen molar-refractivity contribution < 1.29 is 4.39 Å². The van der Waals surface area contributed by atoms with E-state index in [2.05, 4.69) is 19.9 Å². The van der Waals surface area contributed by atoms with E-state index in [4.69, 9.17) is 5.73 Å². The molecule has 7 heteroatoms. The zero-order chi connectivity index (χ0) is 13.9. The van der Waals surface area contributed by atoms with Crippen LogP contribution in [0.15, 0.2) is 41.9 Å². The van der Waals surface area contributed by atoms with Gasteiger partial charge in [0.1, 0.15) is 22.7 Å². The molecule has 0 radical (unpaired) electrons. The van der Waals surface area contributed by atoms with Crippen molar-refractivity contribution in [2.75, 3.05) is 6.54 Å². The molecule has 1 unspecified atom stereocenters. The summed E-state index contributed by atoms with van der Waals surface area (Å²) in [6.07, 6.45) is 3.00. The van der Waals surface area contributed by atoms with Crippen molar-refractivity contribution in [3.05, 3.63) is 48.3 Å². The number of benzene rings is 1. The number of halogens is 1. The van der Waals surface area contributed by atoms with Crippen LogP contribution >= 0.6 is 11.8 Å². The predicted molar refractivity (Wildman–Crippen MR) is 75.7 cm³/mol.